The Balaban J connectivity index is 2.98. The first kappa shape index (κ1) is 16.5. The van der Waals surface area contributed by atoms with E-state index in [2.05, 4.69) is 52.9 Å². The van der Waals surface area contributed by atoms with E-state index < -0.39 is 0 Å². The maximum absolute atomic E-state index is 5.44. The molecule has 1 aromatic rings. The molecule has 0 radical (unpaired) electrons. The predicted octanol–water partition coefficient (Wildman–Crippen LogP) is 2.57. The summed E-state index contributed by atoms with van der Waals surface area (Å²) in [5.74, 6) is 1.81. The monoisotopic (exact) mass is 281 g/mol. The average molecular weight is 281 g/mol. The molecule has 1 heterocycles. The van der Waals surface area contributed by atoms with Crippen molar-refractivity contribution in [3.63, 3.8) is 0 Å². The minimum atomic E-state index is 0.387. The molecule has 0 fully saturated rings. The highest BCUT2D eigenvalue weighted by Crippen LogP contribution is 2.16. The fraction of sp³-hybridized carbons (Fsp3) is 0.786. The molecule has 0 aliphatic carbocycles. The summed E-state index contributed by atoms with van der Waals surface area (Å²) in [6.45, 7) is 13.7. The van der Waals surface area contributed by atoms with E-state index in [1.54, 1.807) is 0 Å². The van der Waals surface area contributed by atoms with E-state index >= 15 is 0 Å². The van der Waals surface area contributed by atoms with E-state index in [1.165, 1.54) is 0 Å². The molecular formula is C14H27N5O. The molecule has 6 nitrogen and oxygen atoms in total. The third-order valence-electron chi connectivity index (χ3n) is 2.66. The Labute approximate surface area is 122 Å². The Hall–Kier alpha value is -1.59. The molecule has 0 bridgehead atoms. The molecule has 0 atom stereocenters. The van der Waals surface area contributed by atoms with Crippen molar-refractivity contribution >= 4 is 11.9 Å². The lowest BCUT2D eigenvalue weighted by molar-refractivity contribution is 0.312. The largest absolute Gasteiger partial charge is 0.464 e. The van der Waals surface area contributed by atoms with Crippen LogP contribution in [-0.4, -0.2) is 41.2 Å². The van der Waals surface area contributed by atoms with Gasteiger partial charge in [0.2, 0.25) is 11.9 Å². The molecule has 0 aliphatic rings. The van der Waals surface area contributed by atoms with Crippen molar-refractivity contribution in [3.05, 3.63) is 0 Å². The number of hydrogen-bond donors (Lipinski definition) is 1. The smallest absolute Gasteiger partial charge is 0.323 e. The number of rotatable bonds is 9. The van der Waals surface area contributed by atoms with Gasteiger partial charge >= 0.3 is 6.01 Å². The van der Waals surface area contributed by atoms with E-state index in [0.717, 1.165) is 26.1 Å². The fourth-order valence-electron chi connectivity index (χ4n) is 1.79. The van der Waals surface area contributed by atoms with E-state index in [0.29, 0.717) is 30.4 Å². The second-order valence-electron chi connectivity index (χ2n) is 5.03. The normalized spacial score (nSPS) is 10.7. The number of nitrogens with one attached hydrogen (secondary N) is 1. The van der Waals surface area contributed by atoms with Gasteiger partial charge in [-0.05, 0) is 26.2 Å². The van der Waals surface area contributed by atoms with E-state index in [1.807, 2.05) is 6.92 Å². The maximum Gasteiger partial charge on any atom is 0.323 e. The molecule has 6 heteroatoms. The van der Waals surface area contributed by atoms with Crippen LogP contribution >= 0.6 is 0 Å². The van der Waals surface area contributed by atoms with Gasteiger partial charge in [-0.2, -0.15) is 15.0 Å². The first-order valence-corrected chi connectivity index (χ1v) is 7.48. The van der Waals surface area contributed by atoms with Crippen LogP contribution in [0.5, 0.6) is 6.01 Å². The summed E-state index contributed by atoms with van der Waals surface area (Å²) in [6, 6.07) is 0.387. The Morgan fingerprint density at radius 3 is 2.45 bits per heavy atom. The van der Waals surface area contributed by atoms with Crippen molar-refractivity contribution in [1.82, 2.24) is 15.0 Å². The zero-order valence-electron chi connectivity index (χ0n) is 13.3. The molecule has 0 unspecified atom stereocenters. The second kappa shape index (κ2) is 8.55. The molecule has 0 saturated heterocycles. The van der Waals surface area contributed by atoms with Gasteiger partial charge in [0.25, 0.3) is 0 Å². The molecule has 0 aromatic carbocycles. The van der Waals surface area contributed by atoms with Crippen LogP contribution < -0.4 is 15.0 Å². The first-order valence-electron chi connectivity index (χ1n) is 7.48. The molecule has 1 rings (SSSR count). The summed E-state index contributed by atoms with van der Waals surface area (Å²) in [4.78, 5) is 15.3. The molecule has 20 heavy (non-hydrogen) atoms. The Morgan fingerprint density at radius 2 is 1.90 bits per heavy atom. The highest BCUT2D eigenvalue weighted by Gasteiger charge is 2.14. The van der Waals surface area contributed by atoms with Gasteiger partial charge < -0.3 is 15.0 Å². The summed E-state index contributed by atoms with van der Waals surface area (Å²) in [5.41, 5.74) is 0. The third-order valence-corrected chi connectivity index (χ3v) is 2.66. The lowest BCUT2D eigenvalue weighted by Crippen LogP contribution is -2.29. The van der Waals surface area contributed by atoms with Gasteiger partial charge in [0.1, 0.15) is 0 Å². The van der Waals surface area contributed by atoms with Gasteiger partial charge in [-0.15, -0.1) is 0 Å². The van der Waals surface area contributed by atoms with Crippen molar-refractivity contribution in [2.24, 2.45) is 5.92 Å². The standard InChI is InChI=1S/C14H27N5O/c1-6-9-15-12-16-13(18-14(17-12)20-8-3)19(7-2)10-11(4)5/h11H,6-10H2,1-5H3,(H,15,16,17,18). The average Bonchev–Trinajstić information content (AvgIpc) is 2.42. The van der Waals surface area contributed by atoms with Crippen LogP contribution in [0, 0.1) is 5.92 Å². The summed E-state index contributed by atoms with van der Waals surface area (Å²) in [6.07, 6.45) is 1.02. The third kappa shape index (κ3) is 5.19. The Morgan fingerprint density at radius 1 is 1.15 bits per heavy atom. The zero-order valence-corrected chi connectivity index (χ0v) is 13.3. The van der Waals surface area contributed by atoms with Gasteiger partial charge in [0.15, 0.2) is 0 Å². The molecule has 0 spiro atoms. The topological polar surface area (TPSA) is 63.2 Å². The fourth-order valence-corrected chi connectivity index (χ4v) is 1.79. The van der Waals surface area contributed by atoms with Crippen molar-refractivity contribution in [3.8, 4) is 6.01 Å². The van der Waals surface area contributed by atoms with Crippen molar-refractivity contribution in [2.45, 2.75) is 41.0 Å². The van der Waals surface area contributed by atoms with Crippen molar-refractivity contribution < 1.29 is 4.74 Å². The van der Waals surface area contributed by atoms with Gasteiger partial charge in [0.05, 0.1) is 6.61 Å². The molecule has 0 saturated carbocycles. The maximum atomic E-state index is 5.44. The number of hydrogen-bond acceptors (Lipinski definition) is 6. The second-order valence-corrected chi connectivity index (χ2v) is 5.03. The van der Waals surface area contributed by atoms with E-state index in [-0.39, 0.29) is 0 Å². The van der Waals surface area contributed by atoms with Crippen molar-refractivity contribution in [2.75, 3.05) is 36.5 Å². The number of ether oxygens (including phenoxy) is 1. The Bertz CT molecular complexity index is 397. The molecule has 0 amide bonds. The number of nitrogens with zero attached hydrogens (tertiary/aromatic N) is 4. The minimum absolute atomic E-state index is 0.387. The Kier molecular flexibility index (Phi) is 7.04. The van der Waals surface area contributed by atoms with E-state index in [4.69, 9.17) is 4.74 Å². The quantitative estimate of drug-likeness (QED) is 0.750. The van der Waals surface area contributed by atoms with Crippen LogP contribution in [0.4, 0.5) is 11.9 Å². The zero-order chi connectivity index (χ0) is 15.0. The molecule has 114 valence electrons. The van der Waals surface area contributed by atoms with Crippen LogP contribution in [0.1, 0.15) is 41.0 Å². The lowest BCUT2D eigenvalue weighted by atomic mass is 10.2. The van der Waals surface area contributed by atoms with Gasteiger partial charge in [0, 0.05) is 19.6 Å². The number of anilines is 2. The minimum Gasteiger partial charge on any atom is -0.464 e. The van der Waals surface area contributed by atoms with Crippen molar-refractivity contribution in [1.29, 1.82) is 0 Å². The first-order chi connectivity index (χ1) is 9.60. The van der Waals surface area contributed by atoms with Crippen LogP contribution in [0.3, 0.4) is 0 Å². The molecule has 1 N–H and O–H groups in total. The summed E-state index contributed by atoms with van der Waals surface area (Å²) < 4.78 is 5.44. The summed E-state index contributed by atoms with van der Waals surface area (Å²) in [5, 5.41) is 3.20. The summed E-state index contributed by atoms with van der Waals surface area (Å²) in [7, 11) is 0. The highest BCUT2D eigenvalue weighted by atomic mass is 16.5. The molecular weight excluding hydrogens is 254 g/mol. The van der Waals surface area contributed by atoms with E-state index in [9.17, 15) is 0 Å². The SMILES string of the molecule is CCCNc1nc(OCC)nc(N(CC)CC(C)C)n1. The van der Waals surface area contributed by atoms with Crippen LogP contribution in [0.25, 0.3) is 0 Å². The highest BCUT2D eigenvalue weighted by molar-refractivity contribution is 5.38. The number of aromatic nitrogens is 3. The predicted molar refractivity (Wildman–Crippen MR) is 82.5 cm³/mol. The van der Waals surface area contributed by atoms with Gasteiger partial charge in [-0.1, -0.05) is 20.8 Å². The van der Waals surface area contributed by atoms with Gasteiger partial charge in [-0.3, -0.25) is 0 Å². The molecule has 1 aromatic heterocycles. The van der Waals surface area contributed by atoms with Crippen LogP contribution in [0.2, 0.25) is 0 Å². The molecule has 0 aliphatic heterocycles. The van der Waals surface area contributed by atoms with Crippen LogP contribution in [0.15, 0.2) is 0 Å². The van der Waals surface area contributed by atoms with Crippen LogP contribution in [-0.2, 0) is 0 Å². The summed E-state index contributed by atoms with van der Waals surface area (Å²) >= 11 is 0. The lowest BCUT2D eigenvalue weighted by Gasteiger charge is -2.23. The van der Waals surface area contributed by atoms with Gasteiger partial charge in [-0.25, -0.2) is 0 Å².